The van der Waals surface area contributed by atoms with Crippen molar-refractivity contribution in [2.45, 2.75) is 12.8 Å². The lowest BCUT2D eigenvalue weighted by Crippen LogP contribution is -2.52. The quantitative estimate of drug-likeness (QED) is 0.434. The second-order valence-electron chi connectivity index (χ2n) is 10.4. The molecule has 1 N–H and O–H groups in total. The maximum atomic E-state index is 13.2. The number of nitrogens with one attached hydrogen (secondary N) is 1. The summed E-state index contributed by atoms with van der Waals surface area (Å²) < 4.78 is 1.85. The Morgan fingerprint density at radius 3 is 2.50 bits per heavy atom. The number of piperidine rings is 1. The lowest BCUT2D eigenvalue weighted by Gasteiger charge is -2.38. The summed E-state index contributed by atoms with van der Waals surface area (Å²) in [5.41, 5.74) is 2.96. The smallest absolute Gasteiger partial charge is 0.225 e. The Hall–Kier alpha value is -2.66. The topological polar surface area (TPSA) is 72.2 Å². The van der Waals surface area contributed by atoms with Crippen molar-refractivity contribution in [3.8, 4) is 11.3 Å². The third kappa shape index (κ3) is 6.48. The zero-order valence-corrected chi connectivity index (χ0v) is 23.8. The zero-order valence-electron chi connectivity index (χ0n) is 22.3. The van der Waals surface area contributed by atoms with Crippen LogP contribution in [0.15, 0.2) is 42.7 Å². The molecule has 2 aromatic heterocycles. The van der Waals surface area contributed by atoms with E-state index < -0.39 is 0 Å². The van der Waals surface area contributed by atoms with E-state index in [1.807, 2.05) is 35.0 Å². The van der Waals surface area contributed by atoms with Gasteiger partial charge in [-0.3, -0.25) is 9.69 Å². The number of amides is 1. The Bertz CT molecular complexity index is 1210. The molecular formula is C27H37ClN8OS. The van der Waals surface area contributed by atoms with Crippen LogP contribution in [0.5, 0.6) is 0 Å². The lowest BCUT2D eigenvalue weighted by molar-refractivity contribution is -0.137. The first-order chi connectivity index (χ1) is 18.4. The van der Waals surface area contributed by atoms with Crippen molar-refractivity contribution < 1.29 is 4.79 Å². The van der Waals surface area contributed by atoms with Crippen LogP contribution in [-0.2, 0) is 4.79 Å². The first-order valence-corrected chi connectivity index (χ1v) is 14.5. The number of piperazine rings is 1. The summed E-state index contributed by atoms with van der Waals surface area (Å²) in [6.07, 6.45) is 3.69. The van der Waals surface area contributed by atoms with E-state index in [-0.39, 0.29) is 5.92 Å². The van der Waals surface area contributed by atoms with Gasteiger partial charge < -0.3 is 20.0 Å². The maximum absolute atomic E-state index is 13.2. The Balaban J connectivity index is 1.07. The number of carbonyl (C=O) groups excluding carboxylic acids is 1. The Kier molecular flexibility index (Phi) is 8.52. The molecule has 9 nitrogen and oxygen atoms in total. The average molecular weight is 557 g/mol. The van der Waals surface area contributed by atoms with Crippen molar-refractivity contribution in [3.63, 3.8) is 0 Å². The van der Waals surface area contributed by atoms with E-state index in [0.717, 1.165) is 98.8 Å². The summed E-state index contributed by atoms with van der Waals surface area (Å²) in [4.78, 5) is 27.8. The molecule has 0 atom stereocenters. The molecule has 2 fully saturated rings. The van der Waals surface area contributed by atoms with Gasteiger partial charge in [0.1, 0.15) is 0 Å². The van der Waals surface area contributed by atoms with Gasteiger partial charge in [0.25, 0.3) is 0 Å². The van der Waals surface area contributed by atoms with Crippen molar-refractivity contribution >= 4 is 38.9 Å². The van der Waals surface area contributed by atoms with E-state index in [4.69, 9.17) is 21.7 Å². The average Bonchev–Trinajstić information content (AvgIpc) is 3.49. The van der Waals surface area contributed by atoms with Gasteiger partial charge in [0, 0.05) is 81.1 Å². The molecule has 3 aromatic rings. The molecule has 0 saturated carbocycles. The number of rotatable bonds is 9. The number of nitrogens with zero attached hydrogens (tertiary/aromatic N) is 7. The number of hydrogen-bond donors (Lipinski definition) is 1. The van der Waals surface area contributed by atoms with E-state index in [9.17, 15) is 4.79 Å². The van der Waals surface area contributed by atoms with Crippen LogP contribution in [-0.4, -0.2) is 108 Å². The molecule has 0 radical (unpaired) electrons. The molecular weight excluding hydrogens is 520 g/mol. The number of halogens is 1. The number of benzene rings is 1. The van der Waals surface area contributed by atoms with Crippen LogP contribution in [0.3, 0.4) is 0 Å². The fraction of sp³-hybridized carbons (Fsp3) is 0.519. The number of carbonyl (C=O) groups is 1. The third-order valence-corrected chi connectivity index (χ3v) is 8.55. The largest absolute Gasteiger partial charge is 0.386 e. The Labute approximate surface area is 233 Å². The number of fused-ring (bicyclic) bond motifs is 1. The zero-order chi connectivity index (χ0) is 26.6. The molecule has 1 amide bonds. The van der Waals surface area contributed by atoms with Gasteiger partial charge in [-0.15, -0.1) is 5.10 Å². The van der Waals surface area contributed by atoms with Crippen LogP contribution in [0.1, 0.15) is 12.8 Å². The molecule has 2 aliphatic rings. The predicted octanol–water partition coefficient (Wildman–Crippen LogP) is 3.14. The van der Waals surface area contributed by atoms with Crippen molar-refractivity contribution in [1.29, 1.82) is 0 Å². The molecule has 4 heterocycles. The number of hydrogen-bond acceptors (Lipinski definition) is 8. The van der Waals surface area contributed by atoms with Gasteiger partial charge in [-0.2, -0.15) is 0 Å². The summed E-state index contributed by atoms with van der Waals surface area (Å²) in [6, 6.07) is 7.69. The second-order valence-corrected chi connectivity index (χ2v) is 11.8. The normalized spacial score (nSPS) is 17.5. The number of likely N-dealkylation sites (N-methyl/N-ethyl adjacent to an activating group) is 1. The summed E-state index contributed by atoms with van der Waals surface area (Å²) >= 11 is 7.60. The van der Waals surface area contributed by atoms with E-state index in [1.54, 1.807) is 11.3 Å². The third-order valence-electron chi connectivity index (χ3n) is 7.32. The maximum Gasteiger partial charge on any atom is 0.225 e. The lowest BCUT2D eigenvalue weighted by atomic mass is 9.95. The van der Waals surface area contributed by atoms with E-state index in [0.29, 0.717) is 10.9 Å². The van der Waals surface area contributed by atoms with Crippen molar-refractivity contribution in [2.75, 3.05) is 77.9 Å². The van der Waals surface area contributed by atoms with Gasteiger partial charge in [0.05, 0.1) is 11.9 Å². The van der Waals surface area contributed by atoms with Gasteiger partial charge in [-0.05, 0) is 39.1 Å². The van der Waals surface area contributed by atoms with Gasteiger partial charge in [-0.25, -0.2) is 9.50 Å². The summed E-state index contributed by atoms with van der Waals surface area (Å²) in [5, 5.41) is 9.86. The number of aromatic nitrogens is 3. The predicted molar refractivity (Wildman–Crippen MR) is 155 cm³/mol. The Morgan fingerprint density at radius 2 is 1.84 bits per heavy atom. The fourth-order valence-electron chi connectivity index (χ4n) is 5.06. The number of imidazole rings is 1. The van der Waals surface area contributed by atoms with Gasteiger partial charge in [0.15, 0.2) is 0 Å². The molecule has 0 unspecified atom stereocenters. The molecule has 5 rings (SSSR count). The highest BCUT2D eigenvalue weighted by atomic mass is 35.5. The highest BCUT2D eigenvalue weighted by Crippen LogP contribution is 2.30. The van der Waals surface area contributed by atoms with E-state index in [1.165, 1.54) is 0 Å². The molecule has 0 aliphatic carbocycles. The SMILES string of the molecule is C=C(CN1CCN(C(=O)C2CCN(c3nn4cc(-c5ccc(Cl)cc5)nc4s3)CC2)CC1)NCCN(C)C. The monoisotopic (exact) mass is 556 g/mol. The molecule has 0 spiro atoms. The molecule has 204 valence electrons. The summed E-state index contributed by atoms with van der Waals surface area (Å²) in [7, 11) is 4.14. The molecule has 1 aromatic carbocycles. The molecule has 38 heavy (non-hydrogen) atoms. The van der Waals surface area contributed by atoms with Crippen molar-refractivity contribution in [2.24, 2.45) is 5.92 Å². The van der Waals surface area contributed by atoms with Crippen LogP contribution < -0.4 is 10.2 Å². The van der Waals surface area contributed by atoms with Gasteiger partial charge in [-0.1, -0.05) is 41.6 Å². The highest BCUT2D eigenvalue weighted by molar-refractivity contribution is 7.20. The first kappa shape index (κ1) is 26.9. The second kappa shape index (κ2) is 12.0. The standard InChI is InChI=1S/C27H37ClN8OS/c1-20(29-10-13-32(2)3)18-33-14-16-34(17-15-33)25(37)22-8-11-35(12-9-22)27-31-36-19-24(30-26(36)38-27)21-4-6-23(28)7-5-21/h4-7,19,22,29H,1,8-18H2,2-3H3. The van der Waals surface area contributed by atoms with Crippen LogP contribution in [0.2, 0.25) is 5.02 Å². The molecule has 11 heteroatoms. The highest BCUT2D eigenvalue weighted by Gasteiger charge is 2.31. The van der Waals surface area contributed by atoms with Crippen molar-refractivity contribution in [3.05, 3.63) is 47.8 Å². The van der Waals surface area contributed by atoms with Crippen molar-refractivity contribution in [1.82, 2.24) is 34.6 Å². The van der Waals surface area contributed by atoms with Crippen LogP contribution in [0.4, 0.5) is 5.13 Å². The Morgan fingerprint density at radius 1 is 1.13 bits per heavy atom. The minimum Gasteiger partial charge on any atom is -0.386 e. The minimum atomic E-state index is 0.0982. The van der Waals surface area contributed by atoms with Crippen LogP contribution in [0.25, 0.3) is 16.2 Å². The number of anilines is 1. The van der Waals surface area contributed by atoms with E-state index in [2.05, 4.69) is 45.6 Å². The van der Waals surface area contributed by atoms with Gasteiger partial charge in [0.2, 0.25) is 16.0 Å². The first-order valence-electron chi connectivity index (χ1n) is 13.3. The minimum absolute atomic E-state index is 0.0982. The molecule has 2 saturated heterocycles. The van der Waals surface area contributed by atoms with Gasteiger partial charge >= 0.3 is 0 Å². The summed E-state index contributed by atoms with van der Waals surface area (Å²) in [6.45, 7) is 12.0. The summed E-state index contributed by atoms with van der Waals surface area (Å²) in [5.74, 6) is 0.412. The van der Waals surface area contributed by atoms with Crippen LogP contribution in [0, 0.1) is 5.92 Å². The molecule has 2 aliphatic heterocycles. The van der Waals surface area contributed by atoms with E-state index >= 15 is 0 Å². The molecule has 0 bridgehead atoms. The fourth-order valence-corrected chi connectivity index (χ4v) is 6.12. The van der Waals surface area contributed by atoms with Crippen LogP contribution >= 0.6 is 22.9 Å².